The molecule has 0 bridgehead atoms. The second-order valence-electron chi connectivity index (χ2n) is 12.0. The molecule has 3 aromatic rings. The second kappa shape index (κ2) is 13.1. The highest BCUT2D eigenvalue weighted by molar-refractivity contribution is 5.78. The Morgan fingerprint density at radius 2 is 1.38 bits per heavy atom. The zero-order valence-electron chi connectivity index (χ0n) is 24.5. The van der Waals surface area contributed by atoms with E-state index in [1.165, 1.54) is 12.1 Å². The lowest BCUT2D eigenvalue weighted by atomic mass is 9.83. The van der Waals surface area contributed by atoms with Gasteiger partial charge in [-0.25, -0.2) is 0 Å². The number of alkyl halides is 9. The molecule has 2 atom stereocenters. The molecule has 1 aliphatic heterocycles. The number of piperidine rings is 1. The molecule has 0 radical (unpaired) electrons. The van der Waals surface area contributed by atoms with Gasteiger partial charge in [0.05, 0.1) is 22.6 Å². The first-order valence-electron chi connectivity index (χ1n) is 14.4. The molecule has 1 fully saturated rings. The number of rotatable bonds is 8. The first kappa shape index (κ1) is 34.3. The van der Waals surface area contributed by atoms with E-state index in [1.54, 1.807) is 23.1 Å². The van der Waals surface area contributed by atoms with Crippen LogP contribution in [0.25, 0.3) is 11.1 Å². The molecule has 0 saturated carbocycles. The van der Waals surface area contributed by atoms with Crippen LogP contribution in [0.15, 0.2) is 60.7 Å². The lowest BCUT2D eigenvalue weighted by molar-refractivity contribution is -0.143. The molecule has 1 saturated heterocycles. The summed E-state index contributed by atoms with van der Waals surface area (Å²) in [5.41, 5.74) is -1.64. The van der Waals surface area contributed by atoms with Gasteiger partial charge < -0.3 is 5.11 Å². The minimum atomic E-state index is -4.97. The highest BCUT2D eigenvalue weighted by atomic mass is 19.4. The largest absolute Gasteiger partial charge is 0.481 e. The average Bonchev–Trinajstić information content (AvgIpc) is 2.94. The van der Waals surface area contributed by atoms with Gasteiger partial charge in [-0.05, 0) is 95.8 Å². The van der Waals surface area contributed by atoms with E-state index < -0.39 is 47.1 Å². The number of halogens is 9. The normalized spacial score (nSPS) is 17.5. The number of aliphatic carboxylic acids is 1. The van der Waals surface area contributed by atoms with E-state index in [0.717, 1.165) is 12.1 Å². The molecule has 2 unspecified atom stereocenters. The topological polar surface area (TPSA) is 40.5 Å². The third-order valence-electron chi connectivity index (χ3n) is 7.96. The van der Waals surface area contributed by atoms with Crippen molar-refractivity contribution < 1.29 is 49.4 Å². The second-order valence-corrected chi connectivity index (χ2v) is 12.0. The number of carbonyl (C=O) groups is 1. The molecular formula is C33H32F9NO2. The van der Waals surface area contributed by atoms with E-state index in [1.807, 2.05) is 13.8 Å². The minimum Gasteiger partial charge on any atom is -0.481 e. The fourth-order valence-corrected chi connectivity index (χ4v) is 5.82. The van der Waals surface area contributed by atoms with Crippen molar-refractivity contribution in [2.24, 2.45) is 5.92 Å². The van der Waals surface area contributed by atoms with Gasteiger partial charge in [0.2, 0.25) is 0 Å². The van der Waals surface area contributed by atoms with Crippen molar-refractivity contribution >= 4 is 5.97 Å². The molecule has 12 heteroatoms. The number of carboxylic acids is 1. The van der Waals surface area contributed by atoms with Crippen LogP contribution in [0.4, 0.5) is 39.5 Å². The van der Waals surface area contributed by atoms with Crippen molar-refractivity contribution in [3.8, 4) is 11.1 Å². The van der Waals surface area contributed by atoms with Crippen molar-refractivity contribution in [1.82, 2.24) is 4.90 Å². The molecule has 1 N–H and O–H groups in total. The van der Waals surface area contributed by atoms with Crippen LogP contribution < -0.4 is 0 Å². The van der Waals surface area contributed by atoms with Crippen molar-refractivity contribution in [3.63, 3.8) is 0 Å². The molecule has 45 heavy (non-hydrogen) atoms. The molecule has 244 valence electrons. The predicted molar refractivity (Wildman–Crippen MR) is 150 cm³/mol. The van der Waals surface area contributed by atoms with Crippen LogP contribution in [0.1, 0.15) is 78.3 Å². The lowest BCUT2D eigenvalue weighted by Crippen LogP contribution is -2.34. The van der Waals surface area contributed by atoms with Gasteiger partial charge in [0.15, 0.2) is 0 Å². The molecule has 0 aliphatic carbocycles. The van der Waals surface area contributed by atoms with Crippen LogP contribution in [-0.4, -0.2) is 29.1 Å². The summed E-state index contributed by atoms with van der Waals surface area (Å²) in [5, 5.41) is 10.0. The Morgan fingerprint density at radius 3 is 1.89 bits per heavy atom. The molecule has 1 heterocycles. The Balaban J connectivity index is 1.70. The lowest BCUT2D eigenvalue weighted by Gasteiger charge is -2.34. The summed E-state index contributed by atoms with van der Waals surface area (Å²) in [6, 6.07) is 11.2. The Labute approximate surface area is 254 Å². The molecule has 3 nitrogen and oxygen atoms in total. The minimum absolute atomic E-state index is 0.0171. The van der Waals surface area contributed by atoms with Crippen molar-refractivity contribution in [3.05, 3.63) is 94.0 Å². The van der Waals surface area contributed by atoms with Crippen molar-refractivity contribution in [2.45, 2.75) is 70.0 Å². The first-order chi connectivity index (χ1) is 20.8. The summed E-state index contributed by atoms with van der Waals surface area (Å²) < 4.78 is 120. The van der Waals surface area contributed by atoms with Gasteiger partial charge in [-0.15, -0.1) is 0 Å². The fourth-order valence-electron chi connectivity index (χ4n) is 5.82. The zero-order chi connectivity index (χ0) is 33.3. The van der Waals surface area contributed by atoms with Gasteiger partial charge in [0.25, 0.3) is 0 Å². The summed E-state index contributed by atoms with van der Waals surface area (Å²) in [7, 11) is 0. The number of nitrogens with zero attached hydrogens (tertiary/aromatic N) is 1. The summed E-state index contributed by atoms with van der Waals surface area (Å²) in [5.74, 6) is -2.20. The van der Waals surface area contributed by atoms with Crippen molar-refractivity contribution in [1.29, 1.82) is 0 Å². The van der Waals surface area contributed by atoms with Gasteiger partial charge in [0.1, 0.15) is 0 Å². The van der Waals surface area contributed by atoms with Gasteiger partial charge in [0, 0.05) is 13.1 Å². The van der Waals surface area contributed by atoms with E-state index in [-0.39, 0.29) is 36.6 Å². The number of carboxylic acid groups (broad SMARTS) is 1. The van der Waals surface area contributed by atoms with Crippen LogP contribution >= 0.6 is 0 Å². The van der Waals surface area contributed by atoms with Crippen LogP contribution in [0.2, 0.25) is 0 Å². The summed E-state index contributed by atoms with van der Waals surface area (Å²) in [6.45, 7) is 4.27. The summed E-state index contributed by atoms with van der Waals surface area (Å²) >= 11 is 0. The van der Waals surface area contributed by atoms with E-state index in [0.29, 0.717) is 60.2 Å². The third-order valence-corrected chi connectivity index (χ3v) is 7.96. The summed E-state index contributed by atoms with van der Waals surface area (Å²) in [6.07, 6.45) is -13.0. The quantitative estimate of drug-likeness (QED) is 0.248. The van der Waals surface area contributed by atoms with Gasteiger partial charge >= 0.3 is 24.5 Å². The molecule has 4 rings (SSSR count). The SMILES string of the molecule is CC(C)CC(C(=O)O)c1cc(-c2ccc(C(F)(F)F)cc2)cc(C2CCCN(Cc3cc(C(F)(F)F)cc(C(F)(F)F)c3)C2)c1. The molecule has 3 aromatic carbocycles. The molecular weight excluding hydrogens is 613 g/mol. The van der Waals surface area contributed by atoms with Gasteiger partial charge in [-0.3, -0.25) is 9.69 Å². The molecule has 0 amide bonds. The van der Waals surface area contributed by atoms with Crippen LogP contribution in [-0.2, 0) is 29.9 Å². The Morgan fingerprint density at radius 1 is 0.800 bits per heavy atom. The maximum atomic E-state index is 13.4. The Bertz CT molecular complexity index is 1460. The Hall–Kier alpha value is -3.54. The van der Waals surface area contributed by atoms with Crippen LogP contribution in [0.3, 0.4) is 0 Å². The van der Waals surface area contributed by atoms with Gasteiger partial charge in [-0.2, -0.15) is 39.5 Å². The van der Waals surface area contributed by atoms with Crippen LogP contribution in [0.5, 0.6) is 0 Å². The molecule has 0 aromatic heterocycles. The molecule has 0 spiro atoms. The van der Waals surface area contributed by atoms with E-state index in [9.17, 15) is 49.4 Å². The number of likely N-dealkylation sites (tertiary alicyclic amines) is 1. The number of hydrogen-bond donors (Lipinski definition) is 1. The zero-order valence-corrected chi connectivity index (χ0v) is 24.5. The fraction of sp³-hybridized carbons (Fsp3) is 0.424. The number of hydrogen-bond acceptors (Lipinski definition) is 2. The van der Waals surface area contributed by atoms with E-state index in [4.69, 9.17) is 0 Å². The van der Waals surface area contributed by atoms with E-state index >= 15 is 0 Å². The average molecular weight is 646 g/mol. The highest BCUT2D eigenvalue weighted by Gasteiger charge is 2.37. The standard InChI is InChI=1S/C33H32F9NO2/c1-19(2)10-29(30(44)45)25-14-23(21-5-7-26(8-6-21)31(34,35)36)13-24(15-25)22-4-3-9-43(18-22)17-20-11-27(32(37,38)39)16-28(12-20)33(40,41)42/h5-8,11-16,19,22,29H,3-4,9-10,17-18H2,1-2H3,(H,44,45). The number of benzene rings is 3. The Kier molecular flexibility index (Phi) is 9.96. The predicted octanol–water partition coefficient (Wildman–Crippen LogP) is 10.0. The third kappa shape index (κ3) is 8.80. The van der Waals surface area contributed by atoms with Crippen LogP contribution in [0, 0.1) is 5.92 Å². The monoisotopic (exact) mass is 645 g/mol. The smallest absolute Gasteiger partial charge is 0.416 e. The van der Waals surface area contributed by atoms with Crippen molar-refractivity contribution in [2.75, 3.05) is 13.1 Å². The van der Waals surface area contributed by atoms with E-state index in [2.05, 4.69) is 0 Å². The first-order valence-corrected chi connectivity index (χ1v) is 14.4. The maximum absolute atomic E-state index is 13.4. The summed E-state index contributed by atoms with van der Waals surface area (Å²) in [4.78, 5) is 14.0. The van der Waals surface area contributed by atoms with Gasteiger partial charge in [-0.1, -0.05) is 44.2 Å². The maximum Gasteiger partial charge on any atom is 0.416 e. The highest BCUT2D eigenvalue weighted by Crippen LogP contribution is 2.39. The molecule has 1 aliphatic rings.